The summed E-state index contributed by atoms with van der Waals surface area (Å²) in [6, 6.07) is 18.8. The number of halogens is 1. The van der Waals surface area contributed by atoms with E-state index in [2.05, 4.69) is 58.2 Å². The number of likely N-dealkylation sites (N-methyl/N-ethyl adjacent to an activating group) is 1. The monoisotopic (exact) mass is 345 g/mol. The van der Waals surface area contributed by atoms with Crippen molar-refractivity contribution < 1.29 is 4.74 Å². The second kappa shape index (κ2) is 6.63. The van der Waals surface area contributed by atoms with E-state index in [-0.39, 0.29) is 6.10 Å². The number of nitrogens with zero attached hydrogens (tertiary/aromatic N) is 1. The third-order valence-corrected chi connectivity index (χ3v) is 4.56. The predicted molar refractivity (Wildman–Crippen MR) is 89.9 cm³/mol. The molecule has 1 aliphatic heterocycles. The summed E-state index contributed by atoms with van der Waals surface area (Å²) in [6.45, 7) is 2.13. The van der Waals surface area contributed by atoms with Crippen molar-refractivity contribution in [3.8, 4) is 5.75 Å². The molecular weight excluding hydrogens is 326 g/mol. The number of rotatable bonds is 3. The lowest BCUT2D eigenvalue weighted by Gasteiger charge is -2.37. The molecule has 0 spiro atoms. The zero-order valence-electron chi connectivity index (χ0n) is 12.2. The van der Waals surface area contributed by atoms with E-state index in [4.69, 9.17) is 4.74 Å². The van der Waals surface area contributed by atoms with E-state index in [9.17, 15) is 0 Å². The molecule has 110 valence electrons. The van der Waals surface area contributed by atoms with Crippen LogP contribution in [0.1, 0.15) is 17.9 Å². The van der Waals surface area contributed by atoms with Crippen LogP contribution in [0.15, 0.2) is 59.1 Å². The summed E-state index contributed by atoms with van der Waals surface area (Å²) in [4.78, 5) is 2.39. The lowest BCUT2D eigenvalue weighted by molar-refractivity contribution is 0.0901. The first-order chi connectivity index (χ1) is 10.2. The molecule has 2 nitrogen and oxygen atoms in total. The van der Waals surface area contributed by atoms with Gasteiger partial charge in [-0.25, -0.2) is 0 Å². The summed E-state index contributed by atoms with van der Waals surface area (Å²) in [7, 11) is 2.19. The predicted octanol–water partition coefficient (Wildman–Crippen LogP) is 4.32. The van der Waals surface area contributed by atoms with Crippen LogP contribution in [0.2, 0.25) is 0 Å². The van der Waals surface area contributed by atoms with E-state index >= 15 is 0 Å². The summed E-state index contributed by atoms with van der Waals surface area (Å²) in [6.07, 6.45) is 1.29. The molecular formula is C18H20BrNO. The maximum atomic E-state index is 6.29. The zero-order valence-corrected chi connectivity index (χ0v) is 13.8. The van der Waals surface area contributed by atoms with Gasteiger partial charge in [0.1, 0.15) is 11.9 Å². The molecule has 3 rings (SSSR count). The average Bonchev–Trinajstić information content (AvgIpc) is 2.50. The zero-order chi connectivity index (χ0) is 14.7. The van der Waals surface area contributed by atoms with Crippen LogP contribution >= 0.6 is 15.9 Å². The van der Waals surface area contributed by atoms with Gasteiger partial charge in [-0.2, -0.15) is 0 Å². The van der Waals surface area contributed by atoms with Crippen molar-refractivity contribution >= 4 is 15.9 Å². The molecule has 1 fully saturated rings. The first-order valence-corrected chi connectivity index (χ1v) is 8.17. The van der Waals surface area contributed by atoms with Crippen molar-refractivity contribution in [2.75, 3.05) is 20.1 Å². The van der Waals surface area contributed by atoms with Crippen molar-refractivity contribution in [3.63, 3.8) is 0 Å². The van der Waals surface area contributed by atoms with Gasteiger partial charge in [0.25, 0.3) is 0 Å². The smallest absolute Gasteiger partial charge is 0.120 e. The number of hydrogen-bond acceptors (Lipinski definition) is 2. The second-order valence-electron chi connectivity index (χ2n) is 5.68. The van der Waals surface area contributed by atoms with E-state index in [0.717, 1.165) is 29.7 Å². The Bertz CT molecular complexity index is 587. The molecule has 3 heteroatoms. The quantitative estimate of drug-likeness (QED) is 0.821. The van der Waals surface area contributed by atoms with Crippen molar-refractivity contribution in [2.24, 2.45) is 0 Å². The molecule has 0 aromatic heterocycles. The maximum absolute atomic E-state index is 6.29. The lowest BCUT2D eigenvalue weighted by atomic mass is 9.88. The van der Waals surface area contributed by atoms with Gasteiger partial charge >= 0.3 is 0 Å². The SMILES string of the molecule is CN1CC[C@@H](Oc2cccc(Br)c2)[C@H](c2ccccc2)C1. The fourth-order valence-electron chi connectivity index (χ4n) is 2.97. The Morgan fingerprint density at radius 2 is 1.90 bits per heavy atom. The third kappa shape index (κ3) is 3.66. The Morgan fingerprint density at radius 3 is 2.67 bits per heavy atom. The van der Waals surface area contributed by atoms with Crippen LogP contribution in [0.25, 0.3) is 0 Å². The second-order valence-corrected chi connectivity index (χ2v) is 6.60. The molecule has 1 saturated heterocycles. The molecule has 0 unspecified atom stereocenters. The van der Waals surface area contributed by atoms with Crippen molar-refractivity contribution in [1.29, 1.82) is 0 Å². The van der Waals surface area contributed by atoms with Gasteiger partial charge in [0.05, 0.1) is 0 Å². The molecule has 0 aliphatic carbocycles. The molecule has 0 saturated carbocycles. The van der Waals surface area contributed by atoms with Gasteiger partial charge in [-0.3, -0.25) is 0 Å². The van der Waals surface area contributed by atoms with Crippen LogP contribution in [0, 0.1) is 0 Å². The van der Waals surface area contributed by atoms with E-state index < -0.39 is 0 Å². The van der Waals surface area contributed by atoms with Gasteiger partial charge < -0.3 is 9.64 Å². The minimum Gasteiger partial charge on any atom is -0.490 e. The molecule has 0 N–H and O–H groups in total. The van der Waals surface area contributed by atoms with Gasteiger partial charge in [0.2, 0.25) is 0 Å². The number of ether oxygens (including phenoxy) is 1. The van der Waals surface area contributed by atoms with E-state index in [1.165, 1.54) is 5.56 Å². The highest BCUT2D eigenvalue weighted by Crippen LogP contribution is 2.31. The molecule has 21 heavy (non-hydrogen) atoms. The Morgan fingerprint density at radius 1 is 1.10 bits per heavy atom. The van der Waals surface area contributed by atoms with E-state index in [1.807, 2.05) is 24.3 Å². The highest BCUT2D eigenvalue weighted by Gasteiger charge is 2.30. The lowest BCUT2D eigenvalue weighted by Crippen LogP contribution is -2.42. The fourth-order valence-corrected chi connectivity index (χ4v) is 3.35. The van der Waals surface area contributed by atoms with Crippen LogP contribution < -0.4 is 4.74 Å². The number of hydrogen-bond donors (Lipinski definition) is 0. The molecule has 2 aromatic carbocycles. The molecule has 1 aliphatic rings. The Kier molecular flexibility index (Phi) is 4.61. The van der Waals surface area contributed by atoms with Crippen molar-refractivity contribution in [3.05, 3.63) is 64.6 Å². The van der Waals surface area contributed by atoms with Crippen molar-refractivity contribution in [2.45, 2.75) is 18.4 Å². The number of likely N-dealkylation sites (tertiary alicyclic amines) is 1. The van der Waals surface area contributed by atoms with Crippen LogP contribution in [0.4, 0.5) is 0 Å². The first kappa shape index (κ1) is 14.6. The Labute approximate surface area is 134 Å². The minimum atomic E-state index is 0.234. The summed E-state index contributed by atoms with van der Waals surface area (Å²) in [5.41, 5.74) is 1.36. The van der Waals surface area contributed by atoms with Gasteiger partial charge in [-0.05, 0) is 37.2 Å². The summed E-state index contributed by atoms with van der Waals surface area (Å²) in [5, 5.41) is 0. The highest BCUT2D eigenvalue weighted by molar-refractivity contribution is 9.10. The molecule has 0 amide bonds. The molecule has 0 bridgehead atoms. The van der Waals surface area contributed by atoms with Crippen LogP contribution in [-0.4, -0.2) is 31.1 Å². The number of benzene rings is 2. The largest absolute Gasteiger partial charge is 0.490 e. The molecule has 0 radical (unpaired) electrons. The van der Waals surface area contributed by atoms with Crippen molar-refractivity contribution in [1.82, 2.24) is 4.90 Å². The summed E-state index contributed by atoms with van der Waals surface area (Å²) in [5.74, 6) is 1.36. The average molecular weight is 346 g/mol. The van der Waals surface area contributed by atoms with Crippen LogP contribution in [0.3, 0.4) is 0 Å². The molecule has 1 heterocycles. The van der Waals surface area contributed by atoms with E-state index in [0.29, 0.717) is 5.92 Å². The fraction of sp³-hybridized carbons (Fsp3) is 0.333. The van der Waals surface area contributed by atoms with Crippen LogP contribution in [0.5, 0.6) is 5.75 Å². The normalized spacial score (nSPS) is 23.0. The van der Waals surface area contributed by atoms with Gasteiger partial charge in [0, 0.05) is 23.5 Å². The third-order valence-electron chi connectivity index (χ3n) is 4.06. The topological polar surface area (TPSA) is 12.5 Å². The Balaban J connectivity index is 1.81. The standard InChI is InChI=1S/C18H20BrNO/c1-20-11-10-18(21-16-9-5-8-15(19)12-16)17(13-20)14-6-3-2-4-7-14/h2-9,12,17-18H,10-11,13H2,1H3/t17-,18+/m0/s1. The van der Waals surface area contributed by atoms with E-state index in [1.54, 1.807) is 0 Å². The summed E-state index contributed by atoms with van der Waals surface area (Å²) >= 11 is 3.51. The minimum absolute atomic E-state index is 0.234. The summed E-state index contributed by atoms with van der Waals surface area (Å²) < 4.78 is 7.35. The van der Waals surface area contributed by atoms with Gasteiger partial charge in [-0.1, -0.05) is 52.3 Å². The molecule has 2 aromatic rings. The van der Waals surface area contributed by atoms with Gasteiger partial charge in [0.15, 0.2) is 0 Å². The number of piperidine rings is 1. The van der Waals surface area contributed by atoms with Crippen LogP contribution in [-0.2, 0) is 0 Å². The maximum Gasteiger partial charge on any atom is 0.120 e. The highest BCUT2D eigenvalue weighted by atomic mass is 79.9. The first-order valence-electron chi connectivity index (χ1n) is 7.38. The molecule has 2 atom stereocenters. The Hall–Kier alpha value is -1.32. The van der Waals surface area contributed by atoms with Gasteiger partial charge in [-0.15, -0.1) is 0 Å².